The smallest absolute Gasteiger partial charge is 0.150 e. The summed E-state index contributed by atoms with van der Waals surface area (Å²) in [6.45, 7) is 19.4. The van der Waals surface area contributed by atoms with Gasteiger partial charge in [-0.05, 0) is 99.7 Å². The summed E-state index contributed by atoms with van der Waals surface area (Å²) in [6, 6.07) is 20.5. The first kappa shape index (κ1) is 30.4. The highest BCUT2D eigenvalue weighted by Gasteiger charge is 2.15. The van der Waals surface area contributed by atoms with Crippen molar-refractivity contribution in [3.63, 3.8) is 0 Å². The Balaban J connectivity index is 0.000000234. The second-order valence-electron chi connectivity index (χ2n) is 10.4. The van der Waals surface area contributed by atoms with Crippen LogP contribution in [0.1, 0.15) is 88.8 Å². The van der Waals surface area contributed by atoms with E-state index in [2.05, 4.69) is 90.9 Å². The Hall–Kier alpha value is -2.67. The lowest BCUT2D eigenvalue weighted by Gasteiger charge is -2.24. The molecule has 2 atom stereocenters. The van der Waals surface area contributed by atoms with E-state index in [1.54, 1.807) is 0 Å². The van der Waals surface area contributed by atoms with Gasteiger partial charge in [0.1, 0.15) is 6.29 Å². The molecule has 1 aliphatic rings. The van der Waals surface area contributed by atoms with E-state index in [0.29, 0.717) is 0 Å². The molecule has 1 aliphatic carbocycles. The first-order chi connectivity index (χ1) is 16.5. The monoisotopic (exact) mass is 472 g/mol. The van der Waals surface area contributed by atoms with Crippen LogP contribution in [0.25, 0.3) is 0 Å². The normalized spacial score (nSPS) is 16.4. The van der Waals surface area contributed by atoms with E-state index in [1.165, 1.54) is 64.6 Å². The number of hydrogen-bond donors (Lipinski definition) is 0. The molecule has 0 heterocycles. The van der Waals surface area contributed by atoms with Crippen LogP contribution in [0.4, 0.5) is 0 Å². The molecule has 0 aliphatic heterocycles. The van der Waals surface area contributed by atoms with Crippen molar-refractivity contribution in [1.29, 1.82) is 0 Å². The minimum Gasteiger partial charge on any atom is -0.298 e. The van der Waals surface area contributed by atoms with E-state index in [4.69, 9.17) is 0 Å². The van der Waals surface area contributed by atoms with Gasteiger partial charge in [0.25, 0.3) is 0 Å². The summed E-state index contributed by atoms with van der Waals surface area (Å²) in [5.74, 6) is 2.01. The van der Waals surface area contributed by atoms with Crippen LogP contribution < -0.4 is 0 Å². The number of aryl methyl sites for hydroxylation is 7. The Labute approximate surface area is 216 Å². The van der Waals surface area contributed by atoms with Gasteiger partial charge in [0, 0.05) is 5.56 Å². The van der Waals surface area contributed by atoms with Gasteiger partial charge in [-0.25, -0.2) is 0 Å². The van der Waals surface area contributed by atoms with E-state index in [1.807, 2.05) is 32.0 Å². The maximum atomic E-state index is 10.3. The molecule has 0 N–H and O–H groups in total. The van der Waals surface area contributed by atoms with Crippen LogP contribution >= 0.6 is 0 Å². The molecule has 0 radical (unpaired) electrons. The van der Waals surface area contributed by atoms with Crippen molar-refractivity contribution in [2.24, 2.45) is 11.8 Å². The number of carbonyl (C=O) groups is 1. The van der Waals surface area contributed by atoms with Crippen LogP contribution in [0.5, 0.6) is 0 Å². The fraction of sp³-hybridized carbons (Fsp3) is 0.441. The molecule has 0 amide bonds. The highest BCUT2D eigenvalue weighted by atomic mass is 16.1. The molecule has 4 rings (SSSR count). The molecule has 0 aromatic heterocycles. The standard InChI is InChI=1S/C9H10O.C9H12.C8H16.C8H10/c1-7-3-4-9(6-10)5-8(7)2;1-7-4-5-8(2)9(3)6-7;2*1-7-5-3-4-6-8(7)2/h3-6H,1-2H3;4-6H,1-3H3;7-8H,3-6H2,1-2H3;3-6H,1-2H3. The first-order valence-electron chi connectivity index (χ1n) is 13.1. The lowest BCUT2D eigenvalue weighted by molar-refractivity contribution is 0.112. The Kier molecular flexibility index (Phi) is 14.0. The van der Waals surface area contributed by atoms with E-state index in [-0.39, 0.29) is 0 Å². The number of rotatable bonds is 1. The van der Waals surface area contributed by atoms with Crippen LogP contribution in [0.3, 0.4) is 0 Å². The predicted octanol–water partition coefficient (Wildman–Crippen LogP) is 9.86. The van der Waals surface area contributed by atoms with E-state index in [0.717, 1.165) is 23.7 Å². The average Bonchev–Trinajstić information content (AvgIpc) is 2.83. The summed E-state index contributed by atoms with van der Waals surface area (Å²) in [7, 11) is 0. The van der Waals surface area contributed by atoms with Gasteiger partial charge in [-0.3, -0.25) is 4.79 Å². The molecule has 0 spiro atoms. The Bertz CT molecular complexity index is 1000. The van der Waals surface area contributed by atoms with E-state index in [9.17, 15) is 4.79 Å². The number of carbonyl (C=O) groups excluding carboxylic acids is 1. The molecule has 190 valence electrons. The quantitative estimate of drug-likeness (QED) is 0.322. The highest BCUT2D eigenvalue weighted by Crippen LogP contribution is 2.28. The van der Waals surface area contributed by atoms with Crippen molar-refractivity contribution in [1.82, 2.24) is 0 Å². The summed E-state index contributed by atoms with van der Waals surface area (Å²) in [4.78, 5) is 10.3. The van der Waals surface area contributed by atoms with Crippen molar-refractivity contribution in [2.75, 3.05) is 0 Å². The van der Waals surface area contributed by atoms with Gasteiger partial charge in [0.05, 0.1) is 0 Å². The summed E-state index contributed by atoms with van der Waals surface area (Å²) >= 11 is 0. The molecule has 35 heavy (non-hydrogen) atoms. The van der Waals surface area contributed by atoms with Gasteiger partial charge in [-0.2, -0.15) is 0 Å². The molecule has 1 nitrogen and oxygen atoms in total. The molecule has 1 heteroatoms. The average molecular weight is 473 g/mol. The van der Waals surface area contributed by atoms with Crippen LogP contribution in [0, 0.1) is 60.3 Å². The zero-order chi connectivity index (χ0) is 26.4. The van der Waals surface area contributed by atoms with E-state index >= 15 is 0 Å². The van der Waals surface area contributed by atoms with Crippen LogP contribution in [0.2, 0.25) is 0 Å². The van der Waals surface area contributed by atoms with Gasteiger partial charge in [0.2, 0.25) is 0 Å². The van der Waals surface area contributed by atoms with Crippen molar-refractivity contribution >= 4 is 6.29 Å². The van der Waals surface area contributed by atoms with Crippen molar-refractivity contribution < 1.29 is 4.79 Å². The fourth-order valence-electron chi connectivity index (χ4n) is 3.89. The maximum Gasteiger partial charge on any atom is 0.150 e. The number of aldehydes is 1. The lowest BCUT2D eigenvalue weighted by atomic mass is 9.82. The molecular weight excluding hydrogens is 424 g/mol. The summed E-state index contributed by atoms with van der Waals surface area (Å²) in [6.07, 6.45) is 6.77. The molecule has 1 fully saturated rings. The third-order valence-electron chi connectivity index (χ3n) is 7.30. The van der Waals surface area contributed by atoms with Crippen molar-refractivity contribution in [3.8, 4) is 0 Å². The molecule has 1 saturated carbocycles. The Morgan fingerprint density at radius 2 is 1.00 bits per heavy atom. The topological polar surface area (TPSA) is 17.1 Å². The predicted molar refractivity (Wildman–Crippen MR) is 155 cm³/mol. The van der Waals surface area contributed by atoms with Crippen molar-refractivity contribution in [3.05, 3.63) is 105 Å². The van der Waals surface area contributed by atoms with Gasteiger partial charge in [0.15, 0.2) is 0 Å². The Morgan fingerprint density at radius 1 is 0.571 bits per heavy atom. The van der Waals surface area contributed by atoms with Gasteiger partial charge in [-0.15, -0.1) is 0 Å². The van der Waals surface area contributed by atoms with E-state index < -0.39 is 0 Å². The summed E-state index contributed by atoms with van der Waals surface area (Å²) in [5, 5.41) is 0. The second-order valence-corrected chi connectivity index (χ2v) is 10.4. The second kappa shape index (κ2) is 16.1. The van der Waals surface area contributed by atoms with Gasteiger partial charge < -0.3 is 0 Å². The largest absolute Gasteiger partial charge is 0.298 e. The molecule has 0 bridgehead atoms. The summed E-state index contributed by atoms with van der Waals surface area (Å²) < 4.78 is 0. The maximum absolute atomic E-state index is 10.3. The zero-order valence-electron chi connectivity index (χ0n) is 23.7. The first-order valence-corrected chi connectivity index (χ1v) is 13.1. The molecule has 2 unspecified atom stereocenters. The molecule has 0 saturated heterocycles. The molecule has 3 aromatic carbocycles. The highest BCUT2D eigenvalue weighted by molar-refractivity contribution is 5.75. The SMILES string of the molecule is CC1CCCCC1C.Cc1ccc(C)c(C)c1.Cc1ccc(C=O)cc1C.Cc1ccccc1C. The van der Waals surface area contributed by atoms with Crippen LogP contribution in [0.15, 0.2) is 60.7 Å². The van der Waals surface area contributed by atoms with Crippen LogP contribution in [-0.2, 0) is 0 Å². The molecule has 3 aromatic rings. The van der Waals surface area contributed by atoms with Crippen LogP contribution in [-0.4, -0.2) is 6.29 Å². The van der Waals surface area contributed by atoms with Gasteiger partial charge >= 0.3 is 0 Å². The molecular formula is C34H48O. The third-order valence-corrected chi connectivity index (χ3v) is 7.30. The lowest BCUT2D eigenvalue weighted by Crippen LogP contribution is -2.12. The minimum atomic E-state index is 0.753. The number of benzene rings is 3. The van der Waals surface area contributed by atoms with Gasteiger partial charge in [-0.1, -0.05) is 99.7 Å². The van der Waals surface area contributed by atoms with Crippen molar-refractivity contribution in [2.45, 2.75) is 88.0 Å². The third kappa shape index (κ3) is 12.0. The number of hydrogen-bond acceptors (Lipinski definition) is 1. The Morgan fingerprint density at radius 3 is 1.34 bits per heavy atom. The summed E-state index contributed by atoms with van der Waals surface area (Å²) in [5.41, 5.74) is 9.99. The fourth-order valence-corrected chi connectivity index (χ4v) is 3.89. The minimum absolute atomic E-state index is 0.753. The zero-order valence-corrected chi connectivity index (χ0v) is 23.7.